The molecule has 1 fully saturated rings. The van der Waals surface area contributed by atoms with Gasteiger partial charge in [0, 0.05) is 18.2 Å². The molecule has 0 amide bonds. The summed E-state index contributed by atoms with van der Waals surface area (Å²) in [7, 11) is 1.53. The van der Waals surface area contributed by atoms with Gasteiger partial charge in [0.1, 0.15) is 5.69 Å². The van der Waals surface area contributed by atoms with E-state index in [4.69, 9.17) is 5.73 Å². The predicted octanol–water partition coefficient (Wildman–Crippen LogP) is 4.01. The molecule has 150 valence electrons. The zero-order valence-electron chi connectivity index (χ0n) is 15.6. The molecule has 1 saturated carbocycles. The Kier molecular flexibility index (Phi) is 6.08. The van der Waals surface area contributed by atoms with E-state index in [9.17, 15) is 13.6 Å². The smallest absolute Gasteiger partial charge is 0.283 e. The van der Waals surface area contributed by atoms with E-state index in [2.05, 4.69) is 27.5 Å². The van der Waals surface area contributed by atoms with Crippen LogP contribution >= 0.6 is 9.24 Å². The number of hydrogen-bond acceptors (Lipinski definition) is 6. The van der Waals surface area contributed by atoms with Gasteiger partial charge in [-0.3, -0.25) is 4.79 Å². The molecule has 6 nitrogen and oxygen atoms in total. The fourth-order valence-corrected chi connectivity index (χ4v) is 3.33. The first kappa shape index (κ1) is 20.4. The van der Waals surface area contributed by atoms with Crippen molar-refractivity contribution in [1.29, 1.82) is 0 Å². The van der Waals surface area contributed by atoms with Crippen LogP contribution in [0.4, 0.5) is 26.1 Å². The molecule has 3 rings (SSSR count). The molecule has 2 aromatic rings. The number of aldehydes is 1. The lowest BCUT2D eigenvalue weighted by molar-refractivity contribution is 0.104. The number of carbonyl (C=O) groups excluding carboxylic acids is 1. The Hall–Kier alpha value is -2.34. The topological polar surface area (TPSA) is 92.9 Å². The predicted molar refractivity (Wildman–Crippen MR) is 110 cm³/mol. The number of hydrogen-bond donors (Lipinski definition) is 3. The number of rotatable bonds is 8. The number of nitrogens with two attached hydrogens (primary N) is 1. The standard InChI is InChI=1S/C19H24F2N5OP/c1-11(13-3-2-4-13)24-18-16(17(22)25-15(10-27)26-18)23-9-12-5-7-14(8-6-12)19(20,21)28/h5-8,10-11,13,23H,2-4,9,28H2,1H3,(H3,22,24,25,26)/t11-/m1/s1. The number of aromatic nitrogens is 2. The van der Waals surface area contributed by atoms with Crippen molar-refractivity contribution in [3.63, 3.8) is 0 Å². The van der Waals surface area contributed by atoms with Crippen molar-refractivity contribution in [3.8, 4) is 0 Å². The number of alkyl halides is 2. The Labute approximate surface area is 164 Å². The SMILES string of the molecule is C[C@@H](Nc1nc(C=O)nc(N)c1NCc1ccc(C(F)(F)P)cc1)C1CCC1. The first-order valence-electron chi connectivity index (χ1n) is 9.17. The molecule has 1 unspecified atom stereocenters. The van der Waals surface area contributed by atoms with Crippen LogP contribution in [0.15, 0.2) is 24.3 Å². The van der Waals surface area contributed by atoms with E-state index in [1.54, 1.807) is 12.1 Å². The van der Waals surface area contributed by atoms with Crippen LogP contribution in [0.2, 0.25) is 0 Å². The highest BCUT2D eigenvalue weighted by atomic mass is 31.0. The normalized spacial score (nSPS) is 15.6. The number of carbonyl (C=O) groups is 1. The molecule has 1 aliphatic carbocycles. The van der Waals surface area contributed by atoms with Crippen LogP contribution in [-0.2, 0) is 12.2 Å². The Morgan fingerprint density at radius 1 is 1.32 bits per heavy atom. The van der Waals surface area contributed by atoms with Crippen LogP contribution in [0.1, 0.15) is 47.9 Å². The molecule has 1 aromatic carbocycles. The first-order valence-corrected chi connectivity index (χ1v) is 9.75. The van der Waals surface area contributed by atoms with Gasteiger partial charge in [-0.2, -0.15) is 8.78 Å². The monoisotopic (exact) mass is 407 g/mol. The fourth-order valence-electron chi connectivity index (χ4n) is 3.14. The minimum absolute atomic E-state index is 0.0124. The minimum Gasteiger partial charge on any atom is -0.382 e. The van der Waals surface area contributed by atoms with E-state index < -0.39 is 5.66 Å². The van der Waals surface area contributed by atoms with Crippen LogP contribution in [-0.4, -0.2) is 22.3 Å². The lowest BCUT2D eigenvalue weighted by Crippen LogP contribution is -2.31. The van der Waals surface area contributed by atoms with Crippen molar-refractivity contribution in [3.05, 3.63) is 41.2 Å². The zero-order valence-corrected chi connectivity index (χ0v) is 16.7. The summed E-state index contributed by atoms with van der Waals surface area (Å²) >= 11 is 0. The van der Waals surface area contributed by atoms with Gasteiger partial charge in [0.05, 0.1) is 0 Å². The second kappa shape index (κ2) is 8.35. The fraction of sp³-hybridized carbons (Fsp3) is 0.421. The quantitative estimate of drug-likeness (QED) is 0.452. The second-order valence-electron chi connectivity index (χ2n) is 7.11. The van der Waals surface area contributed by atoms with Gasteiger partial charge in [0.25, 0.3) is 5.66 Å². The van der Waals surface area contributed by atoms with Gasteiger partial charge in [-0.1, -0.05) is 39.9 Å². The molecule has 0 radical (unpaired) electrons. The maximum Gasteiger partial charge on any atom is 0.283 e. The number of halogens is 2. The average Bonchev–Trinajstić information content (AvgIpc) is 2.58. The Bertz CT molecular complexity index is 837. The van der Waals surface area contributed by atoms with Gasteiger partial charge < -0.3 is 16.4 Å². The molecule has 1 aliphatic rings. The van der Waals surface area contributed by atoms with E-state index in [1.165, 1.54) is 27.8 Å². The van der Waals surface area contributed by atoms with Gasteiger partial charge in [-0.25, -0.2) is 9.97 Å². The molecule has 28 heavy (non-hydrogen) atoms. The van der Waals surface area contributed by atoms with E-state index in [0.29, 0.717) is 30.3 Å². The maximum absolute atomic E-state index is 13.3. The largest absolute Gasteiger partial charge is 0.382 e. The molecule has 0 aliphatic heterocycles. The summed E-state index contributed by atoms with van der Waals surface area (Å²) in [6.45, 7) is 2.43. The van der Waals surface area contributed by atoms with E-state index >= 15 is 0 Å². The summed E-state index contributed by atoms with van der Waals surface area (Å²) in [5.74, 6) is 1.21. The molecule has 0 saturated heterocycles. The maximum atomic E-state index is 13.3. The van der Waals surface area contributed by atoms with Crippen LogP contribution < -0.4 is 16.4 Å². The third-order valence-corrected chi connectivity index (χ3v) is 5.42. The third kappa shape index (κ3) is 4.73. The van der Waals surface area contributed by atoms with E-state index in [0.717, 1.165) is 18.4 Å². The van der Waals surface area contributed by atoms with Gasteiger partial charge in [0.15, 0.2) is 23.7 Å². The van der Waals surface area contributed by atoms with Crippen LogP contribution in [0, 0.1) is 5.92 Å². The first-order chi connectivity index (χ1) is 13.3. The third-order valence-electron chi connectivity index (χ3n) is 5.09. The highest BCUT2D eigenvalue weighted by molar-refractivity contribution is 7.17. The summed E-state index contributed by atoms with van der Waals surface area (Å²) in [6.07, 6.45) is 4.09. The molecule has 0 bridgehead atoms. The van der Waals surface area contributed by atoms with Crippen molar-refractivity contribution in [1.82, 2.24) is 9.97 Å². The molecule has 2 atom stereocenters. The van der Waals surface area contributed by atoms with Gasteiger partial charge >= 0.3 is 0 Å². The molecule has 9 heteroatoms. The lowest BCUT2D eigenvalue weighted by Gasteiger charge is -2.32. The van der Waals surface area contributed by atoms with Gasteiger partial charge in [-0.05, 0) is 31.2 Å². The number of nitrogens with zero attached hydrogens (tertiary/aromatic N) is 2. The van der Waals surface area contributed by atoms with Crippen LogP contribution in [0.3, 0.4) is 0 Å². The van der Waals surface area contributed by atoms with Crippen molar-refractivity contribution in [2.75, 3.05) is 16.4 Å². The summed E-state index contributed by atoms with van der Waals surface area (Å²) in [4.78, 5) is 19.4. The van der Waals surface area contributed by atoms with Crippen molar-refractivity contribution in [2.24, 2.45) is 5.92 Å². The summed E-state index contributed by atoms with van der Waals surface area (Å²) in [6, 6.07) is 6.21. The summed E-state index contributed by atoms with van der Waals surface area (Å²) in [5.41, 5.74) is 4.30. The van der Waals surface area contributed by atoms with Crippen LogP contribution in [0.25, 0.3) is 0 Å². The number of nitrogen functional groups attached to an aromatic ring is 1. The highest BCUT2D eigenvalue weighted by Crippen LogP contribution is 2.35. The van der Waals surface area contributed by atoms with Gasteiger partial charge in [-0.15, -0.1) is 0 Å². The molecule has 1 heterocycles. The van der Waals surface area contributed by atoms with Crippen LogP contribution in [0.5, 0.6) is 0 Å². The Morgan fingerprint density at radius 2 is 2.00 bits per heavy atom. The highest BCUT2D eigenvalue weighted by Gasteiger charge is 2.26. The summed E-state index contributed by atoms with van der Waals surface area (Å²) in [5, 5.41) is 6.51. The zero-order chi connectivity index (χ0) is 20.3. The second-order valence-corrected chi connectivity index (χ2v) is 7.83. The molecular formula is C19H24F2N5OP. The van der Waals surface area contributed by atoms with Crippen molar-refractivity contribution < 1.29 is 13.6 Å². The molecule has 1 aromatic heterocycles. The van der Waals surface area contributed by atoms with Gasteiger partial charge in [0.2, 0.25) is 0 Å². The minimum atomic E-state index is -2.95. The Morgan fingerprint density at radius 3 is 2.54 bits per heavy atom. The number of benzene rings is 1. The van der Waals surface area contributed by atoms with Crippen molar-refractivity contribution in [2.45, 2.75) is 44.4 Å². The molecule has 4 N–H and O–H groups in total. The Balaban J connectivity index is 1.77. The lowest BCUT2D eigenvalue weighted by atomic mass is 9.80. The molecular weight excluding hydrogens is 383 g/mol. The van der Waals surface area contributed by atoms with E-state index in [1.807, 2.05) is 0 Å². The van der Waals surface area contributed by atoms with Crippen molar-refractivity contribution >= 4 is 32.8 Å². The average molecular weight is 407 g/mol. The summed E-state index contributed by atoms with van der Waals surface area (Å²) < 4.78 is 26.6. The molecule has 0 spiro atoms. The number of anilines is 3. The van der Waals surface area contributed by atoms with E-state index in [-0.39, 0.29) is 23.2 Å². The number of nitrogens with one attached hydrogen (secondary N) is 2.